The molecule has 0 radical (unpaired) electrons. The number of aromatic amines is 2. The van der Waals surface area contributed by atoms with Crippen LogP contribution >= 0.6 is 12.2 Å². The number of hydrogen-bond acceptors (Lipinski definition) is 4. The van der Waals surface area contributed by atoms with Crippen LogP contribution in [-0.2, 0) is 6.54 Å². The largest absolute Gasteiger partial charge is 0.493 e. The molecule has 0 fully saturated rings. The highest BCUT2D eigenvalue weighted by molar-refractivity contribution is 7.71. The van der Waals surface area contributed by atoms with Crippen molar-refractivity contribution in [2.75, 3.05) is 0 Å². The number of carbonyl (C=O) groups excluding carboxylic acids is 1. The lowest BCUT2D eigenvalue weighted by molar-refractivity contribution is 0.0966. The summed E-state index contributed by atoms with van der Waals surface area (Å²) in [6.45, 7) is 0.569. The first kappa shape index (κ1) is 15.8. The molecule has 3 aromatic rings. The Morgan fingerprint density at radius 3 is 2.74 bits per heavy atom. The summed E-state index contributed by atoms with van der Waals surface area (Å²) in [6.07, 6.45) is 3.70. The fourth-order valence-electron chi connectivity index (χ4n) is 3.40. The highest BCUT2D eigenvalue weighted by Crippen LogP contribution is 2.24. The van der Waals surface area contributed by atoms with Crippen LogP contribution in [0, 0.1) is 4.77 Å². The maximum atomic E-state index is 11.7. The first-order valence-electron chi connectivity index (χ1n) is 8.42. The molecular weight excluding hydrogens is 360 g/mol. The number of aromatic hydroxyl groups is 1. The summed E-state index contributed by atoms with van der Waals surface area (Å²) in [7, 11) is 0. The summed E-state index contributed by atoms with van der Waals surface area (Å²) >= 11 is 4.98. The van der Waals surface area contributed by atoms with Crippen molar-refractivity contribution in [3.8, 4) is 17.0 Å². The van der Waals surface area contributed by atoms with E-state index in [9.17, 15) is 9.90 Å². The number of nitrogens with one attached hydrogen (secondary N) is 3. The first-order chi connectivity index (χ1) is 13.1. The summed E-state index contributed by atoms with van der Waals surface area (Å²) in [6, 6.07) is 12.0. The molecule has 2 aromatic carbocycles. The molecule has 27 heavy (non-hydrogen) atoms. The van der Waals surface area contributed by atoms with E-state index in [-0.39, 0.29) is 11.8 Å². The van der Waals surface area contributed by atoms with Gasteiger partial charge in [-0.3, -0.25) is 4.79 Å². The van der Waals surface area contributed by atoms with E-state index in [1.54, 1.807) is 6.08 Å². The summed E-state index contributed by atoms with van der Waals surface area (Å²) in [5.74, 6) is -0.0222. The minimum Gasteiger partial charge on any atom is -0.493 e. The van der Waals surface area contributed by atoms with Crippen molar-refractivity contribution in [2.24, 2.45) is 4.99 Å². The molecule has 0 spiro atoms. The quantitative estimate of drug-likeness (QED) is 0.518. The highest BCUT2D eigenvalue weighted by atomic mass is 32.1. The number of fused-ring (bicyclic) bond motifs is 2. The molecule has 3 heterocycles. The van der Waals surface area contributed by atoms with E-state index in [1.165, 1.54) is 0 Å². The van der Waals surface area contributed by atoms with Crippen LogP contribution in [0.4, 0.5) is 0 Å². The van der Waals surface area contributed by atoms with Crippen molar-refractivity contribution in [1.29, 1.82) is 0 Å². The molecule has 7 heteroatoms. The van der Waals surface area contributed by atoms with Crippen molar-refractivity contribution in [1.82, 2.24) is 15.3 Å². The lowest BCUT2D eigenvalue weighted by Crippen LogP contribution is -2.20. The van der Waals surface area contributed by atoms with Crippen LogP contribution in [0.25, 0.3) is 23.3 Å². The maximum absolute atomic E-state index is 11.7. The van der Waals surface area contributed by atoms with Gasteiger partial charge in [0.2, 0.25) is 5.88 Å². The van der Waals surface area contributed by atoms with Gasteiger partial charge in [-0.15, -0.1) is 0 Å². The number of allylic oxidation sites excluding steroid dienone is 1. The molecule has 4 N–H and O–H groups in total. The molecule has 2 aliphatic heterocycles. The Kier molecular flexibility index (Phi) is 3.38. The van der Waals surface area contributed by atoms with Gasteiger partial charge in [-0.1, -0.05) is 18.2 Å². The monoisotopic (exact) mass is 374 g/mol. The number of benzene rings is 2. The van der Waals surface area contributed by atoms with Gasteiger partial charge < -0.3 is 20.4 Å². The molecule has 1 amide bonds. The zero-order valence-electron chi connectivity index (χ0n) is 14.0. The number of aromatic nitrogens is 2. The summed E-state index contributed by atoms with van der Waals surface area (Å²) in [4.78, 5) is 21.9. The summed E-state index contributed by atoms with van der Waals surface area (Å²) < 4.78 is 0.363. The molecule has 6 nitrogen and oxygen atoms in total. The molecule has 5 rings (SSSR count). The van der Waals surface area contributed by atoms with Crippen LogP contribution in [0.5, 0.6) is 5.88 Å². The predicted molar refractivity (Wildman–Crippen MR) is 104 cm³/mol. The van der Waals surface area contributed by atoms with E-state index in [2.05, 4.69) is 20.3 Å². The first-order valence-corrected chi connectivity index (χ1v) is 8.83. The average molecular weight is 374 g/mol. The van der Waals surface area contributed by atoms with Crippen molar-refractivity contribution in [3.63, 3.8) is 0 Å². The topological polar surface area (TPSA) is 93.3 Å². The predicted octanol–water partition coefficient (Wildman–Crippen LogP) is 2.14. The Morgan fingerprint density at radius 1 is 1.11 bits per heavy atom. The van der Waals surface area contributed by atoms with Crippen molar-refractivity contribution in [3.05, 3.63) is 74.3 Å². The number of carbonyl (C=O) groups is 1. The van der Waals surface area contributed by atoms with Gasteiger partial charge in [0.25, 0.3) is 5.91 Å². The molecule has 132 valence electrons. The Labute approximate surface area is 158 Å². The third kappa shape index (κ3) is 2.69. The van der Waals surface area contributed by atoms with Crippen LogP contribution < -0.4 is 15.9 Å². The van der Waals surface area contributed by atoms with Gasteiger partial charge in [0.15, 0.2) is 4.77 Å². The van der Waals surface area contributed by atoms with Gasteiger partial charge in [-0.2, -0.15) is 0 Å². The second kappa shape index (κ2) is 5.78. The van der Waals surface area contributed by atoms with Crippen LogP contribution in [0.1, 0.15) is 21.6 Å². The second-order valence-corrected chi connectivity index (χ2v) is 6.90. The van der Waals surface area contributed by atoms with E-state index in [0.717, 1.165) is 38.5 Å². The molecule has 0 aliphatic carbocycles. The van der Waals surface area contributed by atoms with E-state index in [4.69, 9.17) is 12.2 Å². The van der Waals surface area contributed by atoms with Crippen molar-refractivity contribution >= 4 is 30.3 Å². The summed E-state index contributed by atoms with van der Waals surface area (Å²) in [5, 5.41) is 14.5. The number of amides is 1. The van der Waals surface area contributed by atoms with Crippen LogP contribution in [-0.4, -0.2) is 21.0 Å². The normalized spacial score (nSPS) is 15.9. The van der Waals surface area contributed by atoms with Crippen molar-refractivity contribution in [2.45, 2.75) is 6.54 Å². The fraction of sp³-hybridized carbons (Fsp3) is 0.0500. The number of nitrogens with zero attached hydrogens (tertiary/aromatic N) is 1. The van der Waals surface area contributed by atoms with Crippen molar-refractivity contribution < 1.29 is 9.90 Å². The molecule has 0 saturated carbocycles. The lowest BCUT2D eigenvalue weighted by atomic mass is 10.00. The summed E-state index contributed by atoms with van der Waals surface area (Å²) in [5.41, 5.74) is 5.07. The number of hydrogen-bond donors (Lipinski definition) is 4. The van der Waals surface area contributed by atoms with Gasteiger partial charge in [0.1, 0.15) is 5.69 Å². The highest BCUT2D eigenvalue weighted by Gasteiger charge is 2.18. The number of imidazole rings is 1. The third-order valence-corrected chi connectivity index (χ3v) is 4.94. The van der Waals surface area contributed by atoms with Gasteiger partial charge in [0, 0.05) is 17.3 Å². The molecule has 1 aromatic heterocycles. The zero-order chi connectivity index (χ0) is 18.5. The number of H-pyrrole nitrogens is 2. The fourth-order valence-corrected chi connectivity index (χ4v) is 3.61. The Balaban J connectivity index is 1.55. The van der Waals surface area contributed by atoms with E-state index in [1.807, 2.05) is 42.5 Å². The zero-order valence-corrected chi connectivity index (χ0v) is 14.9. The smallest absolute Gasteiger partial charge is 0.251 e. The lowest BCUT2D eigenvalue weighted by Gasteiger charge is -2.03. The Morgan fingerprint density at radius 2 is 1.93 bits per heavy atom. The number of rotatable bonds is 2. The molecule has 0 atom stereocenters. The SMILES string of the molecule is O=C1NCc2cc(-c3ccc4c(c3)=N/C(=C/c3[nH]c(=S)[nH]c3O)C=4)ccc21. The second-order valence-electron chi connectivity index (χ2n) is 6.49. The maximum Gasteiger partial charge on any atom is 0.251 e. The van der Waals surface area contributed by atoms with E-state index in [0.29, 0.717) is 17.0 Å². The van der Waals surface area contributed by atoms with Crippen LogP contribution in [0.2, 0.25) is 0 Å². The standard InChI is InChI=1S/C20H14N4O2S/c25-18-15-4-3-10(5-13(15)9-21-18)11-1-2-12-6-14(22-16(12)7-11)8-17-19(26)24-20(27)23-17/h1-8,26H,9H2,(H,21,25)(H2,23,24,27)/b14-8+. The van der Waals surface area contributed by atoms with Gasteiger partial charge in [-0.25, -0.2) is 4.99 Å². The molecule has 2 aliphatic rings. The molecule has 0 saturated heterocycles. The molecular formula is C20H14N4O2S. The van der Waals surface area contributed by atoms with Crippen LogP contribution in [0.15, 0.2) is 47.1 Å². The minimum absolute atomic E-state index is 0.00552. The van der Waals surface area contributed by atoms with Gasteiger partial charge >= 0.3 is 0 Å². The third-order valence-electron chi connectivity index (χ3n) is 4.73. The van der Waals surface area contributed by atoms with Gasteiger partial charge in [-0.05, 0) is 59.3 Å². The van der Waals surface area contributed by atoms with Crippen LogP contribution in [0.3, 0.4) is 0 Å². The average Bonchev–Trinajstić information content (AvgIpc) is 3.31. The van der Waals surface area contributed by atoms with Gasteiger partial charge in [0.05, 0.1) is 11.1 Å². The van der Waals surface area contributed by atoms with E-state index < -0.39 is 0 Å². The Bertz CT molecular complexity index is 1330. The van der Waals surface area contributed by atoms with E-state index >= 15 is 0 Å². The molecule has 0 unspecified atom stereocenters. The Hall–Kier alpha value is -3.45. The molecule has 0 bridgehead atoms. The minimum atomic E-state index is -0.0167.